The van der Waals surface area contributed by atoms with Crippen molar-refractivity contribution in [2.45, 2.75) is 26.7 Å². The number of carbonyl (C=O) groups excluding carboxylic acids is 2. The van der Waals surface area contributed by atoms with Crippen LogP contribution in [0.3, 0.4) is 0 Å². The Hall–Kier alpha value is -0.883. The van der Waals surface area contributed by atoms with Crippen molar-refractivity contribution >= 4 is 21.7 Å². The lowest BCUT2D eigenvalue weighted by Crippen LogP contribution is -2.27. The second kappa shape index (κ2) is 6.61. The molecule has 0 aliphatic carbocycles. The third kappa shape index (κ3) is 7.48. The predicted molar refractivity (Wildman–Crippen MR) is 47.7 cm³/mol. The number of carbonyl (C=O) groups is 2. The fourth-order valence-corrected chi connectivity index (χ4v) is 1.21. The highest BCUT2D eigenvalue weighted by atomic mass is 28.2. The zero-order chi connectivity index (χ0) is 10.3. The summed E-state index contributed by atoms with van der Waals surface area (Å²) in [5.41, 5.74) is 0. The summed E-state index contributed by atoms with van der Waals surface area (Å²) in [6.45, 7) is 4.43. The Morgan fingerprint density at radius 3 is 2.31 bits per heavy atom. The molecule has 0 radical (unpaired) electrons. The lowest BCUT2D eigenvalue weighted by Gasteiger charge is -2.16. The van der Waals surface area contributed by atoms with Gasteiger partial charge in [-0.25, -0.2) is 0 Å². The first kappa shape index (κ1) is 12.1. The van der Waals surface area contributed by atoms with Gasteiger partial charge in [-0.2, -0.15) is 0 Å². The monoisotopic (exact) mass is 206 g/mol. The van der Waals surface area contributed by atoms with Gasteiger partial charge in [0.2, 0.25) is 6.29 Å². The van der Waals surface area contributed by atoms with Gasteiger partial charge in [0.25, 0.3) is 0 Å². The van der Waals surface area contributed by atoms with Crippen LogP contribution in [0.5, 0.6) is 0 Å². The number of hydrogen-bond donors (Lipinski definition) is 0. The summed E-state index contributed by atoms with van der Waals surface area (Å²) in [4.78, 5) is 21.0. The van der Waals surface area contributed by atoms with Crippen molar-refractivity contribution in [1.29, 1.82) is 0 Å². The maximum Gasteiger partial charge on any atom is 0.305 e. The van der Waals surface area contributed by atoms with E-state index in [9.17, 15) is 9.59 Å². The number of ether oxygens (including phenoxy) is 2. The molecule has 1 unspecified atom stereocenters. The van der Waals surface area contributed by atoms with Crippen LogP contribution in [0.25, 0.3) is 0 Å². The van der Waals surface area contributed by atoms with E-state index in [1.54, 1.807) is 0 Å². The zero-order valence-corrected chi connectivity index (χ0v) is 9.45. The highest BCUT2D eigenvalue weighted by molar-refractivity contribution is 6.24. The number of rotatable bonds is 5. The molecule has 13 heavy (non-hydrogen) atoms. The Labute approximate surface area is 79.3 Å². The van der Waals surface area contributed by atoms with Crippen LogP contribution < -0.4 is 0 Å². The molecule has 5 nitrogen and oxygen atoms in total. The van der Waals surface area contributed by atoms with Crippen LogP contribution in [0, 0.1) is 0 Å². The third-order valence-corrected chi connectivity index (χ3v) is 1.78. The van der Waals surface area contributed by atoms with Crippen LogP contribution in [0.4, 0.5) is 0 Å². The molecule has 0 aliphatic heterocycles. The summed E-state index contributed by atoms with van der Waals surface area (Å²) in [7, 11) is -0.690. The van der Waals surface area contributed by atoms with E-state index in [0.29, 0.717) is 0 Å². The molecular formula is C7H14O5Si. The van der Waals surface area contributed by atoms with Gasteiger partial charge in [-0.15, -0.1) is 0 Å². The van der Waals surface area contributed by atoms with Crippen molar-refractivity contribution in [3.8, 4) is 0 Å². The summed E-state index contributed by atoms with van der Waals surface area (Å²) >= 11 is 0. The van der Waals surface area contributed by atoms with Crippen LogP contribution in [-0.2, 0) is 23.5 Å². The third-order valence-electron chi connectivity index (χ3n) is 1.07. The minimum atomic E-state index is -0.738. The van der Waals surface area contributed by atoms with E-state index in [4.69, 9.17) is 9.16 Å². The zero-order valence-electron chi connectivity index (χ0n) is 8.03. The largest absolute Gasteiger partial charge is 0.459 e. The molecule has 0 aromatic heterocycles. The van der Waals surface area contributed by atoms with Crippen molar-refractivity contribution in [3.63, 3.8) is 0 Å². The van der Waals surface area contributed by atoms with Gasteiger partial charge in [-0.1, -0.05) is 6.55 Å². The fourth-order valence-electron chi connectivity index (χ4n) is 0.673. The Balaban J connectivity index is 3.79. The smallest absolute Gasteiger partial charge is 0.305 e. The molecule has 0 saturated heterocycles. The minimum Gasteiger partial charge on any atom is -0.459 e. The first-order chi connectivity index (χ1) is 6.06. The summed E-state index contributed by atoms with van der Waals surface area (Å²) < 4.78 is 14.5. The average molecular weight is 206 g/mol. The van der Waals surface area contributed by atoms with Gasteiger partial charge < -0.3 is 13.9 Å². The highest BCUT2D eigenvalue weighted by Gasteiger charge is 2.12. The second-order valence-electron chi connectivity index (χ2n) is 2.30. The lowest BCUT2D eigenvalue weighted by molar-refractivity contribution is -0.174. The molecule has 0 heterocycles. The predicted octanol–water partition coefficient (Wildman–Crippen LogP) is -0.413. The Morgan fingerprint density at radius 2 is 1.92 bits per heavy atom. The van der Waals surface area contributed by atoms with Crippen LogP contribution >= 0.6 is 0 Å². The van der Waals surface area contributed by atoms with Crippen LogP contribution in [0.15, 0.2) is 0 Å². The quantitative estimate of drug-likeness (QED) is 0.347. The maximum absolute atomic E-state index is 10.5. The first-order valence-electron chi connectivity index (χ1n) is 3.98. The summed E-state index contributed by atoms with van der Waals surface area (Å²) in [6, 6.07) is 0. The van der Waals surface area contributed by atoms with Gasteiger partial charge in [0, 0.05) is 13.8 Å². The van der Waals surface area contributed by atoms with E-state index in [1.165, 1.54) is 13.8 Å². The average Bonchev–Trinajstić information content (AvgIpc) is 1.99. The van der Waals surface area contributed by atoms with Crippen molar-refractivity contribution in [1.82, 2.24) is 0 Å². The Bertz CT molecular complexity index is 182. The highest BCUT2D eigenvalue weighted by Crippen LogP contribution is 1.96. The molecule has 1 atom stereocenters. The van der Waals surface area contributed by atoms with Gasteiger partial charge in [0.05, 0.1) is 0 Å². The minimum absolute atomic E-state index is 0.0320. The second-order valence-corrected chi connectivity index (χ2v) is 3.21. The Morgan fingerprint density at radius 1 is 1.31 bits per heavy atom. The van der Waals surface area contributed by atoms with Crippen LogP contribution in [0.1, 0.15) is 13.8 Å². The van der Waals surface area contributed by atoms with Crippen molar-refractivity contribution in [2.75, 3.05) is 6.61 Å². The standard InChI is InChI=1S/C7H14O5Si/c1-5(8)10-4-7(12-13-3)11-6(2)9/h7H,4,13H2,1-3H3. The van der Waals surface area contributed by atoms with Gasteiger partial charge in [0.1, 0.15) is 0 Å². The molecule has 0 aromatic rings. The first-order valence-corrected chi connectivity index (χ1v) is 5.97. The SMILES string of the molecule is C[SiH2]OC(COC(C)=O)OC(C)=O. The van der Waals surface area contributed by atoms with E-state index in [2.05, 4.69) is 4.74 Å². The van der Waals surface area contributed by atoms with E-state index >= 15 is 0 Å². The molecular weight excluding hydrogens is 192 g/mol. The van der Waals surface area contributed by atoms with E-state index in [1.807, 2.05) is 6.55 Å². The van der Waals surface area contributed by atoms with E-state index in [-0.39, 0.29) is 6.61 Å². The molecule has 0 saturated carbocycles. The molecule has 0 aromatic carbocycles. The molecule has 0 N–H and O–H groups in total. The van der Waals surface area contributed by atoms with Gasteiger partial charge >= 0.3 is 11.9 Å². The number of esters is 2. The summed E-state index contributed by atoms with van der Waals surface area (Å²) in [6.07, 6.45) is -0.738. The lowest BCUT2D eigenvalue weighted by atomic mass is 10.6. The molecule has 0 fully saturated rings. The Kier molecular flexibility index (Phi) is 6.16. The normalized spacial score (nSPS) is 12.8. The van der Waals surface area contributed by atoms with Gasteiger partial charge in [-0.3, -0.25) is 9.59 Å². The molecule has 0 aliphatic rings. The van der Waals surface area contributed by atoms with Crippen molar-refractivity contribution in [3.05, 3.63) is 0 Å². The maximum atomic E-state index is 10.5. The van der Waals surface area contributed by atoms with E-state index < -0.39 is 28.0 Å². The van der Waals surface area contributed by atoms with Gasteiger partial charge in [0.15, 0.2) is 16.4 Å². The van der Waals surface area contributed by atoms with Crippen molar-refractivity contribution < 1.29 is 23.5 Å². The van der Waals surface area contributed by atoms with Crippen LogP contribution in [0.2, 0.25) is 6.55 Å². The molecule has 0 spiro atoms. The summed E-state index contributed by atoms with van der Waals surface area (Å²) in [5.74, 6) is -0.863. The summed E-state index contributed by atoms with van der Waals surface area (Å²) in [5, 5.41) is 0. The van der Waals surface area contributed by atoms with Crippen LogP contribution in [-0.4, -0.2) is 34.6 Å². The van der Waals surface area contributed by atoms with Gasteiger partial charge in [-0.05, 0) is 0 Å². The molecule has 0 bridgehead atoms. The topological polar surface area (TPSA) is 61.8 Å². The molecule has 0 rings (SSSR count). The fraction of sp³-hybridized carbons (Fsp3) is 0.714. The molecule has 6 heteroatoms. The van der Waals surface area contributed by atoms with E-state index in [0.717, 1.165) is 0 Å². The van der Waals surface area contributed by atoms with Crippen molar-refractivity contribution in [2.24, 2.45) is 0 Å². The molecule has 0 amide bonds. The molecule has 76 valence electrons. The number of hydrogen-bond acceptors (Lipinski definition) is 5.